The quantitative estimate of drug-likeness (QED) is 0.214. The fourth-order valence-corrected chi connectivity index (χ4v) is 8.48. The van der Waals surface area contributed by atoms with E-state index in [1.54, 1.807) is 37.3 Å². The smallest absolute Gasteiger partial charge is 0.410 e. The van der Waals surface area contributed by atoms with Gasteiger partial charge in [-0.25, -0.2) is 9.78 Å². The molecule has 55 heavy (non-hydrogen) atoms. The maximum atomic E-state index is 14.3. The predicted octanol–water partition coefficient (Wildman–Crippen LogP) is 4.05. The Morgan fingerprint density at radius 3 is 2.35 bits per heavy atom. The first kappa shape index (κ1) is 43.6. The molecule has 304 valence electrons. The van der Waals surface area contributed by atoms with E-state index in [1.165, 1.54) is 23.3 Å². The van der Waals surface area contributed by atoms with E-state index in [0.717, 1.165) is 17.0 Å². The van der Waals surface area contributed by atoms with Gasteiger partial charge < -0.3 is 34.6 Å². The van der Waals surface area contributed by atoms with Gasteiger partial charge in [-0.05, 0) is 36.7 Å². The van der Waals surface area contributed by atoms with Crippen molar-refractivity contribution in [2.75, 3.05) is 41.5 Å². The van der Waals surface area contributed by atoms with Crippen molar-refractivity contribution in [1.82, 2.24) is 30.3 Å². The van der Waals surface area contributed by atoms with Gasteiger partial charge in [0.15, 0.2) is 0 Å². The van der Waals surface area contributed by atoms with Crippen LogP contribution >= 0.6 is 11.3 Å². The van der Waals surface area contributed by atoms with E-state index in [9.17, 15) is 24.0 Å². The lowest BCUT2D eigenvalue weighted by Crippen LogP contribution is -2.59. The van der Waals surface area contributed by atoms with E-state index >= 15 is 0 Å². The fourth-order valence-electron chi connectivity index (χ4n) is 7.79. The Labute approximate surface area is 329 Å². The predicted molar refractivity (Wildman–Crippen MR) is 209 cm³/mol. The van der Waals surface area contributed by atoms with E-state index in [1.807, 2.05) is 70.3 Å². The molecule has 2 saturated heterocycles. The molecule has 1 aromatic carbocycles. The normalized spacial score (nSPS) is 20.9. The Morgan fingerprint density at radius 2 is 1.78 bits per heavy atom. The molecule has 5 amide bonds. The standard InChI is InChI=1S/C40H60N6O8S/c1-10-25(4)34(45(7)39(50)33(24(2)3)43-37(49)30-23-54-40(51)44(30)6)31(52-8)22-32(47)46-19-14-17-29(46)35(53-9)26(5)36(48)42-28(38-41-18-20-55-38)21-27-15-12-11-13-16-27/h11-13,15-16,18,20,24-26,28-31,33-35H,10,14,17,19,21-23H2,1-9H3,(H,42,48)(H,43,49)/t25-,26+,28-,29-,30-,31+,33-,34-,35+/m0/s1. The number of ether oxygens (including phenoxy) is 3. The zero-order chi connectivity index (χ0) is 40.4. The van der Waals surface area contributed by atoms with Crippen molar-refractivity contribution in [3.8, 4) is 0 Å². The molecule has 0 unspecified atom stereocenters. The van der Waals surface area contributed by atoms with Crippen LogP contribution in [0.4, 0.5) is 4.79 Å². The van der Waals surface area contributed by atoms with Crippen molar-refractivity contribution in [3.05, 3.63) is 52.5 Å². The number of likely N-dealkylation sites (tertiary alicyclic amines) is 1. The van der Waals surface area contributed by atoms with Crippen LogP contribution < -0.4 is 10.6 Å². The van der Waals surface area contributed by atoms with Gasteiger partial charge in [0.1, 0.15) is 23.7 Å². The molecule has 1 aromatic heterocycles. The third-order valence-electron chi connectivity index (χ3n) is 11.3. The Kier molecular flexibility index (Phi) is 16.0. The number of likely N-dealkylation sites (N-methyl/N-ethyl adjacent to an activating group) is 2. The highest BCUT2D eigenvalue weighted by molar-refractivity contribution is 7.09. The summed E-state index contributed by atoms with van der Waals surface area (Å²) in [5.74, 6) is -2.03. The van der Waals surface area contributed by atoms with Crippen LogP contribution in [0.5, 0.6) is 0 Å². The van der Waals surface area contributed by atoms with Gasteiger partial charge in [0, 0.05) is 46.4 Å². The van der Waals surface area contributed by atoms with E-state index in [-0.39, 0.29) is 54.7 Å². The number of rotatable bonds is 19. The third kappa shape index (κ3) is 10.6. The van der Waals surface area contributed by atoms with E-state index < -0.39 is 48.3 Å². The summed E-state index contributed by atoms with van der Waals surface area (Å²) in [6.07, 6.45) is 2.65. The summed E-state index contributed by atoms with van der Waals surface area (Å²) in [7, 11) is 6.29. The molecular weight excluding hydrogens is 725 g/mol. The highest BCUT2D eigenvalue weighted by Crippen LogP contribution is 2.30. The van der Waals surface area contributed by atoms with Gasteiger partial charge in [-0.3, -0.25) is 24.1 Å². The summed E-state index contributed by atoms with van der Waals surface area (Å²) in [6.45, 7) is 9.97. The van der Waals surface area contributed by atoms with Crippen LogP contribution in [0.25, 0.3) is 0 Å². The number of amides is 5. The number of cyclic esters (lactones) is 1. The second-order valence-electron chi connectivity index (χ2n) is 15.1. The number of thiazole rings is 1. The van der Waals surface area contributed by atoms with Crippen molar-refractivity contribution in [3.63, 3.8) is 0 Å². The number of aromatic nitrogens is 1. The molecule has 14 nitrogen and oxygen atoms in total. The molecular formula is C40H60N6O8S. The first-order chi connectivity index (χ1) is 26.2. The van der Waals surface area contributed by atoms with Gasteiger partial charge in [-0.15, -0.1) is 11.3 Å². The number of nitrogens with zero attached hydrogens (tertiary/aromatic N) is 4. The fraction of sp³-hybridized carbons (Fsp3) is 0.650. The summed E-state index contributed by atoms with van der Waals surface area (Å²) in [5, 5.41) is 8.78. The molecule has 0 aliphatic carbocycles. The largest absolute Gasteiger partial charge is 0.447 e. The molecule has 2 N–H and O–H groups in total. The van der Waals surface area contributed by atoms with Gasteiger partial charge in [-0.2, -0.15) is 0 Å². The molecule has 0 saturated carbocycles. The van der Waals surface area contributed by atoms with Crippen molar-refractivity contribution < 1.29 is 38.2 Å². The molecule has 2 fully saturated rings. The number of benzene rings is 1. The van der Waals surface area contributed by atoms with Crippen molar-refractivity contribution in [2.24, 2.45) is 17.8 Å². The van der Waals surface area contributed by atoms with Crippen LogP contribution in [-0.4, -0.2) is 127 Å². The second-order valence-corrected chi connectivity index (χ2v) is 16.1. The third-order valence-corrected chi connectivity index (χ3v) is 12.1. The molecule has 0 radical (unpaired) electrons. The molecule has 2 aliphatic heterocycles. The van der Waals surface area contributed by atoms with Crippen LogP contribution in [0.1, 0.15) is 76.9 Å². The first-order valence-corrected chi connectivity index (χ1v) is 20.2. The number of nitrogens with one attached hydrogen (secondary N) is 2. The molecule has 15 heteroatoms. The van der Waals surface area contributed by atoms with Gasteiger partial charge in [0.2, 0.25) is 23.6 Å². The van der Waals surface area contributed by atoms with Gasteiger partial charge in [0.05, 0.1) is 42.7 Å². The lowest BCUT2D eigenvalue weighted by molar-refractivity contribution is -0.148. The number of carbonyl (C=O) groups excluding carboxylic acids is 5. The molecule has 3 heterocycles. The molecule has 0 spiro atoms. The lowest BCUT2D eigenvalue weighted by Gasteiger charge is -2.41. The summed E-state index contributed by atoms with van der Waals surface area (Å²) < 4.78 is 17.0. The zero-order valence-electron chi connectivity index (χ0n) is 33.7. The summed E-state index contributed by atoms with van der Waals surface area (Å²) >= 11 is 1.49. The number of hydrogen-bond acceptors (Lipinski definition) is 10. The SMILES string of the molecule is CC[C@H](C)[C@@H]([C@@H](CC(=O)N1CCC[C@H]1[C@H](OC)[C@@H](C)C(=O)N[C@@H](Cc1ccccc1)c1nccs1)OC)N(C)C(=O)[C@@H](NC(=O)[C@@H]1COC(=O)N1C)C(C)C. The van der Waals surface area contributed by atoms with E-state index in [2.05, 4.69) is 15.6 Å². The zero-order valence-corrected chi connectivity index (χ0v) is 34.5. The maximum Gasteiger partial charge on any atom is 0.410 e. The van der Waals surface area contributed by atoms with Crippen LogP contribution in [-0.2, 0) is 39.8 Å². The van der Waals surface area contributed by atoms with E-state index in [0.29, 0.717) is 25.8 Å². The van der Waals surface area contributed by atoms with Crippen LogP contribution in [0, 0.1) is 17.8 Å². The molecule has 2 aromatic rings. The molecule has 4 rings (SSSR count). The monoisotopic (exact) mass is 784 g/mol. The van der Waals surface area contributed by atoms with E-state index in [4.69, 9.17) is 14.2 Å². The molecule has 2 aliphatic rings. The van der Waals surface area contributed by atoms with Gasteiger partial charge >= 0.3 is 6.09 Å². The number of hydrogen-bond donors (Lipinski definition) is 2. The van der Waals surface area contributed by atoms with Gasteiger partial charge in [-0.1, -0.05) is 71.4 Å². The molecule has 0 bridgehead atoms. The van der Waals surface area contributed by atoms with Gasteiger partial charge in [0.25, 0.3) is 0 Å². The van der Waals surface area contributed by atoms with Crippen molar-refractivity contribution in [2.45, 2.75) is 109 Å². The minimum absolute atomic E-state index is 0.00482. The van der Waals surface area contributed by atoms with Crippen LogP contribution in [0.3, 0.4) is 0 Å². The summed E-state index contributed by atoms with van der Waals surface area (Å²) in [6, 6.07) is 7.08. The minimum Gasteiger partial charge on any atom is -0.447 e. The second kappa shape index (κ2) is 20.2. The first-order valence-electron chi connectivity index (χ1n) is 19.3. The van der Waals surface area contributed by atoms with Crippen LogP contribution in [0.15, 0.2) is 41.9 Å². The van der Waals surface area contributed by atoms with Crippen LogP contribution in [0.2, 0.25) is 0 Å². The highest BCUT2D eigenvalue weighted by atomic mass is 32.1. The summed E-state index contributed by atoms with van der Waals surface area (Å²) in [4.78, 5) is 76.5. The van der Waals surface area contributed by atoms with Crippen molar-refractivity contribution >= 4 is 41.1 Å². The summed E-state index contributed by atoms with van der Waals surface area (Å²) in [5.41, 5.74) is 1.08. The average molecular weight is 785 g/mol. The Morgan fingerprint density at radius 1 is 1.07 bits per heavy atom. The van der Waals surface area contributed by atoms with Crippen molar-refractivity contribution in [1.29, 1.82) is 0 Å². The Hall–Kier alpha value is -4.08. The Bertz CT molecular complexity index is 1580. The minimum atomic E-state index is -0.887. The number of methoxy groups -OCH3 is 2. The highest BCUT2D eigenvalue weighted by Gasteiger charge is 2.44. The number of carbonyl (C=O) groups is 5. The Balaban J connectivity index is 1.47. The maximum absolute atomic E-state index is 14.3. The lowest BCUT2D eigenvalue weighted by atomic mass is 9.89. The molecule has 9 atom stereocenters. The topological polar surface area (TPSA) is 160 Å². The average Bonchev–Trinajstić information content (AvgIpc) is 3.96.